The Morgan fingerprint density at radius 2 is 1.78 bits per heavy atom. The van der Waals surface area contributed by atoms with Crippen molar-refractivity contribution in [3.05, 3.63) is 94.2 Å². The van der Waals surface area contributed by atoms with Crippen molar-refractivity contribution in [2.45, 2.75) is 13.5 Å². The molecule has 2 aromatic heterocycles. The Balaban J connectivity index is 1.51. The quantitative estimate of drug-likeness (QED) is 0.385. The summed E-state index contributed by atoms with van der Waals surface area (Å²) >= 11 is 5.03. The molecule has 0 aliphatic heterocycles. The summed E-state index contributed by atoms with van der Waals surface area (Å²) in [5.41, 5.74) is 5.99. The van der Waals surface area contributed by atoms with E-state index in [0.29, 0.717) is 17.9 Å². The van der Waals surface area contributed by atoms with Gasteiger partial charge in [0.15, 0.2) is 10.9 Å². The predicted molar refractivity (Wildman–Crippen MR) is 126 cm³/mol. The lowest BCUT2D eigenvalue weighted by atomic mass is 9.98. The van der Waals surface area contributed by atoms with Gasteiger partial charge >= 0.3 is 5.76 Å². The van der Waals surface area contributed by atoms with Gasteiger partial charge in [0.2, 0.25) is 0 Å². The zero-order chi connectivity index (χ0) is 22.2. The molecule has 2 heterocycles. The minimum atomic E-state index is -0.658. The number of aromatic amines is 1. The summed E-state index contributed by atoms with van der Waals surface area (Å²) in [6.45, 7) is 2.52. The number of fused-ring (bicyclic) bond motifs is 1. The van der Waals surface area contributed by atoms with Gasteiger partial charge in [0, 0.05) is 12.1 Å². The largest absolute Gasteiger partial charge is 0.498 e. The van der Waals surface area contributed by atoms with Gasteiger partial charge in [-0.3, -0.25) is 0 Å². The first-order valence-corrected chi connectivity index (χ1v) is 10.4. The number of benzene rings is 3. The van der Waals surface area contributed by atoms with Gasteiger partial charge in [-0.2, -0.15) is 10.1 Å². The number of H-pyrrole nitrogens is 1. The number of rotatable bonds is 5. The molecule has 0 bridgehead atoms. The topological polar surface area (TPSA) is 96.9 Å². The summed E-state index contributed by atoms with van der Waals surface area (Å²) in [6.07, 6.45) is 0. The Morgan fingerprint density at radius 3 is 2.47 bits per heavy atom. The Bertz CT molecular complexity index is 1510. The van der Waals surface area contributed by atoms with Gasteiger partial charge in [-0.05, 0) is 48.0 Å². The molecule has 2 N–H and O–H groups in total. The van der Waals surface area contributed by atoms with E-state index >= 15 is 0 Å². The minimum absolute atomic E-state index is 0.144. The van der Waals surface area contributed by atoms with E-state index in [1.54, 1.807) is 6.07 Å². The first kappa shape index (κ1) is 19.9. The molecule has 7 nitrogen and oxygen atoms in total. The van der Waals surface area contributed by atoms with Crippen LogP contribution in [0.4, 0.5) is 0 Å². The third-order valence-electron chi connectivity index (χ3n) is 5.41. The molecule has 0 aliphatic carbocycles. The van der Waals surface area contributed by atoms with Gasteiger partial charge in [-0.1, -0.05) is 54.6 Å². The maximum atomic E-state index is 11.4. The van der Waals surface area contributed by atoms with Crippen molar-refractivity contribution in [3.63, 3.8) is 0 Å². The number of aliphatic hydroxyl groups excluding tert-OH is 1. The van der Waals surface area contributed by atoms with Crippen molar-refractivity contribution in [1.29, 1.82) is 0 Å². The van der Waals surface area contributed by atoms with Gasteiger partial charge < -0.3 is 14.2 Å². The first-order valence-electron chi connectivity index (χ1n) is 9.94. The SMILES string of the molecule is Cc1nc2cccc(C(O)=S)c2n1Cc1ccc(-c2ccccc2-c2nc(=O)o[nH]2)cc1. The van der Waals surface area contributed by atoms with E-state index in [2.05, 4.69) is 19.7 Å². The molecular formula is C24H18N4O3S. The Hall–Kier alpha value is -4.04. The third-order valence-corrected chi connectivity index (χ3v) is 5.63. The number of aromatic nitrogens is 4. The molecule has 0 radical (unpaired) electrons. The summed E-state index contributed by atoms with van der Waals surface area (Å²) in [4.78, 5) is 19.8. The lowest BCUT2D eigenvalue weighted by Crippen LogP contribution is -2.06. The summed E-state index contributed by atoms with van der Waals surface area (Å²) in [6, 6.07) is 21.4. The van der Waals surface area contributed by atoms with E-state index in [1.807, 2.05) is 67.6 Å². The van der Waals surface area contributed by atoms with E-state index in [1.165, 1.54) is 0 Å². The number of hydrogen-bond donors (Lipinski definition) is 2. The highest BCUT2D eigenvalue weighted by molar-refractivity contribution is 7.80. The fraction of sp³-hybridized carbons (Fsp3) is 0.0833. The van der Waals surface area contributed by atoms with Crippen LogP contribution >= 0.6 is 12.2 Å². The molecule has 5 aromatic rings. The number of aliphatic hydroxyl groups is 1. The standard InChI is InChI=1S/C24H18N4O3S/c1-14-25-20-8-4-7-19(23(29)32)21(20)28(14)13-15-9-11-16(12-10-15)17-5-2-3-6-18(17)22-26-24(30)31-27-22/h2-12H,13H2,1H3,(H,29,32)(H,26,27,30). The third kappa shape index (κ3) is 3.50. The van der Waals surface area contributed by atoms with Crippen molar-refractivity contribution < 1.29 is 9.63 Å². The first-order chi connectivity index (χ1) is 15.5. The number of nitrogens with one attached hydrogen (secondary N) is 1. The Morgan fingerprint density at radius 1 is 1.03 bits per heavy atom. The Kier molecular flexibility index (Phi) is 4.91. The van der Waals surface area contributed by atoms with Crippen molar-refractivity contribution in [1.82, 2.24) is 19.7 Å². The van der Waals surface area contributed by atoms with Crippen molar-refractivity contribution >= 4 is 28.3 Å². The van der Waals surface area contributed by atoms with Crippen LogP contribution in [0.3, 0.4) is 0 Å². The van der Waals surface area contributed by atoms with Crippen LogP contribution in [0.25, 0.3) is 33.5 Å². The van der Waals surface area contributed by atoms with Crippen LogP contribution < -0.4 is 5.76 Å². The Labute approximate surface area is 188 Å². The van der Waals surface area contributed by atoms with Crippen LogP contribution in [-0.4, -0.2) is 29.8 Å². The fourth-order valence-corrected chi connectivity index (χ4v) is 4.09. The second kappa shape index (κ2) is 7.90. The maximum absolute atomic E-state index is 11.4. The number of aryl methyl sites for hydroxylation is 1. The monoisotopic (exact) mass is 442 g/mol. The molecular weight excluding hydrogens is 424 g/mol. The van der Waals surface area contributed by atoms with E-state index < -0.39 is 5.76 Å². The van der Waals surface area contributed by atoms with Crippen molar-refractivity contribution in [3.8, 4) is 22.5 Å². The van der Waals surface area contributed by atoms with E-state index in [9.17, 15) is 9.90 Å². The normalized spacial score (nSPS) is 11.2. The van der Waals surface area contributed by atoms with Gasteiger partial charge in [0.05, 0.1) is 16.6 Å². The molecule has 5 rings (SSSR count). The fourth-order valence-electron chi connectivity index (χ4n) is 3.93. The summed E-state index contributed by atoms with van der Waals surface area (Å²) in [7, 11) is 0. The van der Waals surface area contributed by atoms with Gasteiger partial charge in [0.1, 0.15) is 5.82 Å². The molecule has 8 heteroatoms. The van der Waals surface area contributed by atoms with Crippen molar-refractivity contribution in [2.24, 2.45) is 0 Å². The number of hydrogen-bond acceptors (Lipinski definition) is 5. The minimum Gasteiger partial charge on any atom is -0.498 e. The van der Waals surface area contributed by atoms with Crippen LogP contribution in [0.2, 0.25) is 0 Å². The molecule has 158 valence electrons. The van der Waals surface area contributed by atoms with E-state index in [-0.39, 0.29) is 5.05 Å². The summed E-state index contributed by atoms with van der Waals surface area (Å²) < 4.78 is 6.78. The molecule has 0 unspecified atom stereocenters. The highest BCUT2D eigenvalue weighted by Crippen LogP contribution is 2.30. The van der Waals surface area contributed by atoms with Crippen LogP contribution in [0.5, 0.6) is 0 Å². The molecule has 0 spiro atoms. The highest BCUT2D eigenvalue weighted by Gasteiger charge is 2.15. The predicted octanol–water partition coefficient (Wildman–Crippen LogP) is 4.64. The lowest BCUT2D eigenvalue weighted by molar-refractivity contribution is 0.388. The van der Waals surface area contributed by atoms with Gasteiger partial charge in [-0.15, -0.1) is 0 Å². The van der Waals surface area contributed by atoms with Gasteiger partial charge in [0.25, 0.3) is 0 Å². The second-order valence-electron chi connectivity index (χ2n) is 7.40. The van der Waals surface area contributed by atoms with Crippen LogP contribution in [-0.2, 0) is 6.54 Å². The molecule has 0 saturated carbocycles. The molecule has 0 fully saturated rings. The average Bonchev–Trinajstić information content (AvgIpc) is 3.37. The van der Waals surface area contributed by atoms with Crippen LogP contribution in [0.15, 0.2) is 76.0 Å². The zero-order valence-electron chi connectivity index (χ0n) is 17.1. The average molecular weight is 443 g/mol. The maximum Gasteiger partial charge on any atom is 0.460 e. The van der Waals surface area contributed by atoms with Crippen molar-refractivity contribution in [2.75, 3.05) is 0 Å². The zero-order valence-corrected chi connectivity index (χ0v) is 17.9. The molecule has 0 atom stereocenters. The molecule has 32 heavy (non-hydrogen) atoms. The smallest absolute Gasteiger partial charge is 0.460 e. The lowest BCUT2D eigenvalue weighted by Gasteiger charge is -2.11. The molecule has 0 saturated heterocycles. The number of imidazole rings is 1. The summed E-state index contributed by atoms with van der Waals surface area (Å²) in [5, 5.41) is 12.4. The van der Waals surface area contributed by atoms with Crippen LogP contribution in [0.1, 0.15) is 17.0 Å². The highest BCUT2D eigenvalue weighted by atomic mass is 32.1. The number of nitrogens with zero attached hydrogens (tertiary/aromatic N) is 3. The molecule has 3 aromatic carbocycles. The van der Waals surface area contributed by atoms with Crippen LogP contribution in [0, 0.1) is 6.92 Å². The molecule has 0 aliphatic rings. The van der Waals surface area contributed by atoms with Gasteiger partial charge in [-0.25, -0.2) is 9.78 Å². The summed E-state index contributed by atoms with van der Waals surface area (Å²) in [5.74, 6) is 0.575. The second-order valence-corrected chi connectivity index (χ2v) is 7.78. The molecule has 0 amide bonds. The number of thiocarbonyl (C=S) groups is 1. The number of para-hydroxylation sites is 1. The van der Waals surface area contributed by atoms with E-state index in [4.69, 9.17) is 16.7 Å². The van der Waals surface area contributed by atoms with E-state index in [0.717, 1.165) is 39.1 Å².